The average Bonchev–Trinajstić information content (AvgIpc) is 2.42. The number of ether oxygens (including phenoxy) is 1. The van der Waals surface area contributed by atoms with E-state index in [2.05, 4.69) is 51.2 Å². The highest BCUT2D eigenvalue weighted by Gasteiger charge is 2.17. The molecule has 0 spiro atoms. The van der Waals surface area contributed by atoms with Gasteiger partial charge in [-0.2, -0.15) is 0 Å². The van der Waals surface area contributed by atoms with Crippen molar-refractivity contribution in [3.63, 3.8) is 0 Å². The molecule has 0 saturated heterocycles. The molecule has 1 N–H and O–H groups in total. The minimum atomic E-state index is 0.551. The maximum absolute atomic E-state index is 5.49. The maximum atomic E-state index is 5.49. The van der Waals surface area contributed by atoms with Crippen molar-refractivity contribution in [2.45, 2.75) is 53.0 Å². The van der Waals surface area contributed by atoms with Crippen LogP contribution < -0.4 is 10.1 Å². The Morgan fingerprint density at radius 2 is 2.00 bits per heavy atom. The molecule has 0 aromatic heterocycles. The molecule has 2 unspecified atom stereocenters. The van der Waals surface area contributed by atoms with Gasteiger partial charge in [-0.05, 0) is 50.8 Å². The Balaban J connectivity index is 2.77. The van der Waals surface area contributed by atoms with Gasteiger partial charge < -0.3 is 10.1 Å². The summed E-state index contributed by atoms with van der Waals surface area (Å²) in [6.45, 7) is 10.0. The summed E-state index contributed by atoms with van der Waals surface area (Å²) in [5.41, 5.74) is 2.64. The summed E-state index contributed by atoms with van der Waals surface area (Å²) >= 11 is 0. The zero-order valence-corrected chi connectivity index (χ0v) is 13.1. The fourth-order valence-corrected chi connectivity index (χ4v) is 2.56. The van der Waals surface area contributed by atoms with Gasteiger partial charge in [0.1, 0.15) is 5.75 Å². The molecule has 0 aliphatic carbocycles. The molecule has 1 rings (SSSR count). The topological polar surface area (TPSA) is 21.3 Å². The van der Waals surface area contributed by atoms with E-state index in [9.17, 15) is 0 Å². The largest absolute Gasteiger partial charge is 0.496 e. The number of nitrogens with one attached hydrogen (secondary N) is 1. The number of hydrogen-bond donors (Lipinski definition) is 1. The molecule has 0 saturated carbocycles. The van der Waals surface area contributed by atoms with E-state index in [1.165, 1.54) is 24.0 Å². The predicted octanol–water partition coefficient (Wildman–Crippen LogP) is 3.96. The molecule has 2 heteroatoms. The molecule has 108 valence electrons. The van der Waals surface area contributed by atoms with Gasteiger partial charge in [-0.3, -0.25) is 0 Å². The molecule has 0 radical (unpaired) electrons. The van der Waals surface area contributed by atoms with Crippen LogP contribution in [0, 0.1) is 12.8 Å². The minimum absolute atomic E-state index is 0.551. The van der Waals surface area contributed by atoms with E-state index in [0.717, 1.165) is 18.7 Å². The first-order valence-corrected chi connectivity index (χ1v) is 7.49. The average molecular weight is 263 g/mol. The van der Waals surface area contributed by atoms with Crippen LogP contribution in [0.15, 0.2) is 18.2 Å². The summed E-state index contributed by atoms with van der Waals surface area (Å²) < 4.78 is 5.49. The summed E-state index contributed by atoms with van der Waals surface area (Å²) in [7, 11) is 1.76. The summed E-state index contributed by atoms with van der Waals surface area (Å²) in [5, 5.41) is 3.61. The minimum Gasteiger partial charge on any atom is -0.496 e. The van der Waals surface area contributed by atoms with Crippen molar-refractivity contribution in [1.29, 1.82) is 0 Å². The van der Waals surface area contributed by atoms with Gasteiger partial charge in [-0.15, -0.1) is 0 Å². The summed E-state index contributed by atoms with van der Waals surface area (Å²) in [5.74, 6) is 1.67. The standard InChI is InChI=1S/C17H29NO/c1-6-10-18-14(4)15(7-2)12-16-11-13(3)8-9-17(16)19-5/h8-9,11,14-15,18H,6-7,10,12H2,1-5H3. The molecule has 0 aliphatic rings. The SMILES string of the molecule is CCCNC(C)C(CC)Cc1cc(C)ccc1OC. The van der Waals surface area contributed by atoms with E-state index < -0.39 is 0 Å². The molecule has 2 atom stereocenters. The van der Waals surface area contributed by atoms with Crippen LogP contribution >= 0.6 is 0 Å². The van der Waals surface area contributed by atoms with Crippen LogP contribution in [0.2, 0.25) is 0 Å². The molecule has 0 fully saturated rings. The predicted molar refractivity (Wildman–Crippen MR) is 83.0 cm³/mol. The molecular weight excluding hydrogens is 234 g/mol. The molecule has 0 bridgehead atoms. The Morgan fingerprint density at radius 1 is 1.26 bits per heavy atom. The monoisotopic (exact) mass is 263 g/mol. The van der Waals surface area contributed by atoms with Crippen molar-refractivity contribution in [3.8, 4) is 5.75 Å². The Labute approximate surface area is 118 Å². The van der Waals surface area contributed by atoms with Gasteiger partial charge >= 0.3 is 0 Å². The fourth-order valence-electron chi connectivity index (χ4n) is 2.56. The Hall–Kier alpha value is -1.02. The van der Waals surface area contributed by atoms with Gasteiger partial charge in [0.05, 0.1) is 7.11 Å². The lowest BCUT2D eigenvalue weighted by atomic mass is 9.89. The van der Waals surface area contributed by atoms with Crippen molar-refractivity contribution in [2.75, 3.05) is 13.7 Å². The van der Waals surface area contributed by atoms with E-state index in [1.54, 1.807) is 7.11 Å². The lowest BCUT2D eigenvalue weighted by molar-refractivity contribution is 0.352. The second-order valence-electron chi connectivity index (χ2n) is 5.43. The lowest BCUT2D eigenvalue weighted by Gasteiger charge is -2.25. The van der Waals surface area contributed by atoms with Crippen molar-refractivity contribution in [2.24, 2.45) is 5.92 Å². The maximum Gasteiger partial charge on any atom is 0.122 e. The zero-order chi connectivity index (χ0) is 14.3. The molecule has 0 aliphatic heterocycles. The highest BCUT2D eigenvalue weighted by atomic mass is 16.5. The molecule has 19 heavy (non-hydrogen) atoms. The molecule has 1 aromatic carbocycles. The number of aryl methyl sites for hydroxylation is 1. The van der Waals surface area contributed by atoms with Gasteiger partial charge in [-0.1, -0.05) is 38.0 Å². The smallest absolute Gasteiger partial charge is 0.122 e. The summed E-state index contributed by atoms with van der Waals surface area (Å²) in [4.78, 5) is 0. The number of methoxy groups -OCH3 is 1. The third-order valence-electron chi connectivity index (χ3n) is 3.87. The Bertz CT molecular complexity index is 376. The van der Waals surface area contributed by atoms with Crippen molar-refractivity contribution < 1.29 is 4.74 Å². The highest BCUT2D eigenvalue weighted by Crippen LogP contribution is 2.25. The second kappa shape index (κ2) is 8.21. The van der Waals surface area contributed by atoms with Gasteiger partial charge in [0, 0.05) is 6.04 Å². The summed E-state index contributed by atoms with van der Waals surface area (Å²) in [6, 6.07) is 7.01. The molecular formula is C17H29NO. The zero-order valence-electron chi connectivity index (χ0n) is 13.1. The highest BCUT2D eigenvalue weighted by molar-refractivity contribution is 5.37. The number of benzene rings is 1. The van der Waals surface area contributed by atoms with Crippen LogP contribution in [0.5, 0.6) is 5.75 Å². The summed E-state index contributed by atoms with van der Waals surface area (Å²) in [6.07, 6.45) is 3.46. The molecule has 0 heterocycles. The van der Waals surface area contributed by atoms with Gasteiger partial charge in [0.2, 0.25) is 0 Å². The fraction of sp³-hybridized carbons (Fsp3) is 0.647. The lowest BCUT2D eigenvalue weighted by Crippen LogP contribution is -2.34. The quantitative estimate of drug-likeness (QED) is 0.766. The number of hydrogen-bond acceptors (Lipinski definition) is 2. The molecule has 1 aromatic rings. The first kappa shape index (κ1) is 16.0. The van der Waals surface area contributed by atoms with Crippen LogP contribution in [0.4, 0.5) is 0 Å². The van der Waals surface area contributed by atoms with E-state index in [1.807, 2.05) is 0 Å². The van der Waals surface area contributed by atoms with Crippen molar-refractivity contribution >= 4 is 0 Å². The number of rotatable bonds is 8. The van der Waals surface area contributed by atoms with Crippen molar-refractivity contribution in [1.82, 2.24) is 5.32 Å². The van der Waals surface area contributed by atoms with Gasteiger partial charge in [-0.25, -0.2) is 0 Å². The Morgan fingerprint density at radius 3 is 2.58 bits per heavy atom. The van der Waals surface area contributed by atoms with E-state index in [4.69, 9.17) is 4.74 Å². The first-order chi connectivity index (χ1) is 9.12. The van der Waals surface area contributed by atoms with Crippen molar-refractivity contribution in [3.05, 3.63) is 29.3 Å². The normalized spacial score (nSPS) is 14.2. The Kier molecular flexibility index (Phi) is 6.93. The van der Waals surface area contributed by atoms with Gasteiger partial charge in [0.25, 0.3) is 0 Å². The molecule has 2 nitrogen and oxygen atoms in total. The van der Waals surface area contributed by atoms with Gasteiger partial charge in [0.15, 0.2) is 0 Å². The van der Waals surface area contributed by atoms with E-state index >= 15 is 0 Å². The van der Waals surface area contributed by atoms with E-state index in [0.29, 0.717) is 12.0 Å². The van der Waals surface area contributed by atoms with Crippen LogP contribution in [0.3, 0.4) is 0 Å². The van der Waals surface area contributed by atoms with Crippen LogP contribution in [-0.4, -0.2) is 19.7 Å². The van der Waals surface area contributed by atoms with Crippen LogP contribution in [-0.2, 0) is 6.42 Å². The third-order valence-corrected chi connectivity index (χ3v) is 3.87. The van der Waals surface area contributed by atoms with Crippen LogP contribution in [0.25, 0.3) is 0 Å². The van der Waals surface area contributed by atoms with Crippen LogP contribution in [0.1, 0.15) is 44.7 Å². The first-order valence-electron chi connectivity index (χ1n) is 7.49. The second-order valence-corrected chi connectivity index (χ2v) is 5.43. The molecule has 0 amide bonds. The third kappa shape index (κ3) is 4.87. The van der Waals surface area contributed by atoms with E-state index in [-0.39, 0.29) is 0 Å².